The van der Waals surface area contributed by atoms with Gasteiger partial charge in [-0.2, -0.15) is 0 Å². The van der Waals surface area contributed by atoms with E-state index in [2.05, 4.69) is 27.2 Å². The molecular formula is C26H28FN3O2S2. The summed E-state index contributed by atoms with van der Waals surface area (Å²) < 4.78 is 18.4. The molecule has 1 aliphatic heterocycles. The number of benzene rings is 2. The number of piperazine rings is 1. The number of rotatable bonds is 7. The number of thiophene rings is 1. The van der Waals surface area contributed by atoms with Crippen molar-refractivity contribution in [3.05, 3.63) is 88.0 Å². The van der Waals surface area contributed by atoms with Crippen molar-refractivity contribution in [1.82, 2.24) is 9.80 Å². The maximum atomic E-state index is 13.1. The average molecular weight is 498 g/mol. The molecule has 2 aromatic carbocycles. The second-order valence-electron chi connectivity index (χ2n) is 8.16. The molecule has 0 atom stereocenters. The van der Waals surface area contributed by atoms with Gasteiger partial charge in [-0.05, 0) is 48.5 Å². The third-order valence-electron chi connectivity index (χ3n) is 5.70. The average Bonchev–Trinajstić information content (AvgIpc) is 3.24. The molecule has 3 aromatic rings. The van der Waals surface area contributed by atoms with E-state index in [-0.39, 0.29) is 11.8 Å². The van der Waals surface area contributed by atoms with E-state index in [0.29, 0.717) is 17.3 Å². The Labute approximate surface area is 209 Å². The van der Waals surface area contributed by atoms with Crippen molar-refractivity contribution in [2.24, 2.45) is 0 Å². The number of nitrogens with one attached hydrogen (secondary N) is 1. The minimum absolute atomic E-state index is 0.215. The van der Waals surface area contributed by atoms with Crippen LogP contribution in [0, 0.1) is 5.82 Å². The summed E-state index contributed by atoms with van der Waals surface area (Å²) in [6.45, 7) is 6.19. The maximum absolute atomic E-state index is 13.1. The molecule has 4 rings (SSSR count). The van der Waals surface area contributed by atoms with E-state index < -0.39 is 0 Å². The van der Waals surface area contributed by atoms with Crippen LogP contribution in [0.15, 0.2) is 60.7 Å². The Morgan fingerprint density at radius 1 is 1.06 bits per heavy atom. The lowest BCUT2D eigenvalue weighted by Gasteiger charge is -2.36. The van der Waals surface area contributed by atoms with Crippen LogP contribution < -0.4 is 5.32 Å². The van der Waals surface area contributed by atoms with Gasteiger partial charge < -0.3 is 15.0 Å². The minimum Gasteiger partial charge on any atom is -0.462 e. The normalized spacial score (nSPS) is 14.1. The molecule has 8 heteroatoms. The number of esters is 1. The van der Waals surface area contributed by atoms with Gasteiger partial charge in [0.25, 0.3) is 0 Å². The van der Waals surface area contributed by atoms with E-state index >= 15 is 0 Å². The van der Waals surface area contributed by atoms with E-state index in [9.17, 15) is 9.18 Å². The molecule has 0 saturated carbocycles. The zero-order valence-electron chi connectivity index (χ0n) is 19.1. The SMILES string of the molecule is CCOC(=O)c1cc(Cc2ccccc2)sc1NC(=S)N1CCN(Cc2ccc(F)cc2)CC1. The van der Waals surface area contributed by atoms with Crippen molar-refractivity contribution in [1.29, 1.82) is 0 Å². The summed E-state index contributed by atoms with van der Waals surface area (Å²) in [6.07, 6.45) is 0.744. The fourth-order valence-electron chi connectivity index (χ4n) is 3.91. The van der Waals surface area contributed by atoms with Crippen LogP contribution in [0.4, 0.5) is 9.39 Å². The number of ether oxygens (including phenoxy) is 1. The molecule has 1 N–H and O–H groups in total. The molecule has 2 heterocycles. The van der Waals surface area contributed by atoms with Crippen LogP contribution in [0.25, 0.3) is 0 Å². The van der Waals surface area contributed by atoms with Gasteiger partial charge in [0.2, 0.25) is 0 Å². The van der Waals surface area contributed by atoms with Gasteiger partial charge in [0.15, 0.2) is 5.11 Å². The lowest BCUT2D eigenvalue weighted by Crippen LogP contribution is -2.49. The second kappa shape index (κ2) is 11.6. The van der Waals surface area contributed by atoms with E-state index in [1.807, 2.05) is 36.4 Å². The monoisotopic (exact) mass is 497 g/mol. The molecule has 1 aliphatic rings. The van der Waals surface area contributed by atoms with Gasteiger partial charge in [0.1, 0.15) is 10.8 Å². The first kappa shape index (κ1) is 24.3. The standard InChI is InChI=1S/C26H28FN3O2S2/c1-2-32-25(31)23-17-22(16-19-6-4-3-5-7-19)34-24(23)28-26(33)30-14-12-29(13-15-30)18-20-8-10-21(27)11-9-20/h3-11,17H,2,12-16,18H2,1H3,(H,28,33). The lowest BCUT2D eigenvalue weighted by atomic mass is 10.1. The van der Waals surface area contributed by atoms with Crippen LogP contribution in [-0.2, 0) is 17.7 Å². The first-order chi connectivity index (χ1) is 16.5. The van der Waals surface area contributed by atoms with E-state index in [4.69, 9.17) is 17.0 Å². The number of anilines is 1. The molecule has 0 radical (unpaired) electrons. The van der Waals surface area contributed by atoms with Gasteiger partial charge in [-0.3, -0.25) is 4.90 Å². The lowest BCUT2D eigenvalue weighted by molar-refractivity contribution is 0.0528. The Bertz CT molecular complexity index is 1110. The molecule has 0 unspecified atom stereocenters. The van der Waals surface area contributed by atoms with Gasteiger partial charge in [-0.15, -0.1) is 11.3 Å². The van der Waals surface area contributed by atoms with Crippen LogP contribution >= 0.6 is 23.6 Å². The molecule has 1 saturated heterocycles. The van der Waals surface area contributed by atoms with Crippen molar-refractivity contribution < 1.29 is 13.9 Å². The number of hydrogen-bond acceptors (Lipinski definition) is 5. The van der Waals surface area contributed by atoms with Gasteiger partial charge in [0.05, 0.1) is 12.2 Å². The van der Waals surface area contributed by atoms with Crippen LogP contribution in [0.5, 0.6) is 0 Å². The van der Waals surface area contributed by atoms with Crippen LogP contribution in [0.1, 0.15) is 33.3 Å². The molecule has 0 aliphatic carbocycles. The fourth-order valence-corrected chi connectivity index (χ4v) is 5.34. The Morgan fingerprint density at radius 3 is 2.44 bits per heavy atom. The highest BCUT2D eigenvalue weighted by Gasteiger charge is 2.23. The van der Waals surface area contributed by atoms with E-state index in [0.717, 1.165) is 54.6 Å². The summed E-state index contributed by atoms with van der Waals surface area (Å²) in [7, 11) is 0. The largest absolute Gasteiger partial charge is 0.462 e. The maximum Gasteiger partial charge on any atom is 0.341 e. The summed E-state index contributed by atoms with van der Waals surface area (Å²) in [5, 5.41) is 4.65. The Kier molecular flexibility index (Phi) is 8.26. The molecule has 0 bridgehead atoms. The summed E-state index contributed by atoms with van der Waals surface area (Å²) >= 11 is 7.23. The van der Waals surface area contributed by atoms with Crippen molar-refractivity contribution in [3.63, 3.8) is 0 Å². The predicted octanol–water partition coefficient (Wildman–Crippen LogP) is 5.17. The summed E-state index contributed by atoms with van der Waals surface area (Å²) in [5.74, 6) is -0.555. The number of carbonyl (C=O) groups is 1. The molecule has 1 fully saturated rings. The highest BCUT2D eigenvalue weighted by Crippen LogP contribution is 2.31. The first-order valence-corrected chi connectivity index (χ1v) is 12.6. The summed E-state index contributed by atoms with van der Waals surface area (Å²) in [4.78, 5) is 18.1. The van der Waals surface area contributed by atoms with E-state index in [1.54, 1.807) is 6.92 Å². The van der Waals surface area contributed by atoms with Crippen molar-refractivity contribution in [2.75, 3.05) is 38.1 Å². The van der Waals surface area contributed by atoms with Crippen LogP contribution in [-0.4, -0.2) is 53.7 Å². The summed E-state index contributed by atoms with van der Waals surface area (Å²) in [5.41, 5.74) is 2.81. The first-order valence-electron chi connectivity index (χ1n) is 11.4. The molecule has 34 heavy (non-hydrogen) atoms. The van der Waals surface area contributed by atoms with Gasteiger partial charge in [0, 0.05) is 44.0 Å². The minimum atomic E-state index is -0.340. The van der Waals surface area contributed by atoms with Crippen molar-refractivity contribution in [3.8, 4) is 0 Å². The topological polar surface area (TPSA) is 44.8 Å². The number of halogens is 1. The second-order valence-corrected chi connectivity index (χ2v) is 9.68. The highest BCUT2D eigenvalue weighted by molar-refractivity contribution is 7.80. The fraction of sp³-hybridized carbons (Fsp3) is 0.308. The molecular weight excluding hydrogens is 469 g/mol. The van der Waals surface area contributed by atoms with Gasteiger partial charge in [-0.25, -0.2) is 9.18 Å². The number of nitrogens with zero attached hydrogens (tertiary/aromatic N) is 2. The smallest absolute Gasteiger partial charge is 0.341 e. The number of hydrogen-bond donors (Lipinski definition) is 1. The van der Waals surface area contributed by atoms with Crippen LogP contribution in [0.3, 0.4) is 0 Å². The van der Waals surface area contributed by atoms with Crippen molar-refractivity contribution in [2.45, 2.75) is 19.9 Å². The van der Waals surface area contributed by atoms with E-state index in [1.165, 1.54) is 29.0 Å². The van der Waals surface area contributed by atoms with Gasteiger partial charge >= 0.3 is 5.97 Å². The number of carbonyl (C=O) groups excluding carboxylic acids is 1. The molecule has 0 spiro atoms. The van der Waals surface area contributed by atoms with Crippen molar-refractivity contribution >= 4 is 39.6 Å². The molecule has 5 nitrogen and oxygen atoms in total. The number of thiocarbonyl (C=S) groups is 1. The van der Waals surface area contributed by atoms with Gasteiger partial charge in [-0.1, -0.05) is 42.5 Å². The zero-order chi connectivity index (χ0) is 23.9. The Morgan fingerprint density at radius 2 is 1.76 bits per heavy atom. The highest BCUT2D eigenvalue weighted by atomic mass is 32.1. The third-order valence-corrected chi connectivity index (χ3v) is 7.11. The molecule has 178 valence electrons. The molecule has 1 aromatic heterocycles. The van der Waals surface area contributed by atoms with Crippen LogP contribution in [0.2, 0.25) is 0 Å². The quantitative estimate of drug-likeness (QED) is 0.359. The molecule has 0 amide bonds. The Balaban J connectivity index is 1.38. The zero-order valence-corrected chi connectivity index (χ0v) is 20.8. The predicted molar refractivity (Wildman–Crippen MR) is 139 cm³/mol. The summed E-state index contributed by atoms with van der Waals surface area (Å²) in [6, 6.07) is 18.7. The third kappa shape index (κ3) is 6.40. The Hall–Kier alpha value is -2.81.